The van der Waals surface area contributed by atoms with Gasteiger partial charge in [-0.15, -0.1) is 0 Å². The molecule has 0 unspecified atom stereocenters. The zero-order chi connectivity index (χ0) is 12.5. The molecule has 1 amide bonds. The predicted molar refractivity (Wildman–Crippen MR) is 69.7 cm³/mol. The van der Waals surface area contributed by atoms with Crippen LogP contribution in [0.25, 0.3) is 0 Å². The van der Waals surface area contributed by atoms with Crippen LogP contribution in [0.3, 0.4) is 0 Å². The number of rotatable bonds is 2. The number of carbonyl (C=O) groups is 2. The van der Waals surface area contributed by atoms with Gasteiger partial charge in [-0.1, -0.05) is 18.6 Å². The van der Waals surface area contributed by atoms with Crippen molar-refractivity contribution in [2.45, 2.75) is 32.1 Å². The van der Waals surface area contributed by atoms with Crippen molar-refractivity contribution < 1.29 is 9.59 Å². The lowest BCUT2D eigenvalue weighted by atomic mass is 9.82. The Labute approximate surface area is 107 Å². The summed E-state index contributed by atoms with van der Waals surface area (Å²) in [6, 6.07) is 7.45. The molecule has 1 aromatic rings. The molecule has 1 saturated carbocycles. The second kappa shape index (κ2) is 4.56. The van der Waals surface area contributed by atoms with Crippen molar-refractivity contribution in [2.75, 3.05) is 11.4 Å². The number of benzene rings is 1. The zero-order valence-electron chi connectivity index (χ0n) is 10.4. The van der Waals surface area contributed by atoms with Crippen LogP contribution in [-0.2, 0) is 4.79 Å². The summed E-state index contributed by atoms with van der Waals surface area (Å²) in [5.41, 5.74) is 1.50. The summed E-state index contributed by atoms with van der Waals surface area (Å²) < 4.78 is 0. The molecule has 1 fully saturated rings. The van der Waals surface area contributed by atoms with E-state index in [1.165, 1.54) is 19.3 Å². The van der Waals surface area contributed by atoms with Crippen molar-refractivity contribution in [3.05, 3.63) is 29.8 Å². The number of carbonyl (C=O) groups excluding carboxylic acids is 2. The Morgan fingerprint density at radius 1 is 1.28 bits per heavy atom. The first kappa shape index (κ1) is 11.5. The third-order valence-electron chi connectivity index (χ3n) is 4.05. The van der Waals surface area contributed by atoms with Crippen LogP contribution in [0.4, 0.5) is 5.69 Å². The second-order valence-electron chi connectivity index (χ2n) is 5.24. The molecule has 1 heterocycles. The maximum Gasteiger partial charge on any atom is 0.227 e. The van der Waals surface area contributed by atoms with Gasteiger partial charge in [-0.25, -0.2) is 0 Å². The molecule has 0 saturated heterocycles. The van der Waals surface area contributed by atoms with E-state index < -0.39 is 0 Å². The van der Waals surface area contributed by atoms with Crippen molar-refractivity contribution in [3.8, 4) is 0 Å². The van der Waals surface area contributed by atoms with Crippen LogP contribution >= 0.6 is 0 Å². The van der Waals surface area contributed by atoms with E-state index in [1.807, 2.05) is 24.3 Å². The highest BCUT2D eigenvalue weighted by Gasteiger charge is 2.29. The number of amides is 1. The van der Waals surface area contributed by atoms with Crippen molar-refractivity contribution in [2.24, 2.45) is 5.92 Å². The van der Waals surface area contributed by atoms with E-state index in [4.69, 9.17) is 0 Å². The fourth-order valence-electron chi connectivity index (χ4n) is 2.73. The third-order valence-corrected chi connectivity index (χ3v) is 4.05. The Balaban J connectivity index is 1.82. The topological polar surface area (TPSA) is 37.4 Å². The Morgan fingerprint density at radius 3 is 2.78 bits per heavy atom. The van der Waals surface area contributed by atoms with Crippen molar-refractivity contribution in [1.82, 2.24) is 0 Å². The van der Waals surface area contributed by atoms with E-state index in [9.17, 15) is 9.59 Å². The maximum atomic E-state index is 12.3. The molecule has 0 spiro atoms. The molecular formula is C15H17NO2. The summed E-state index contributed by atoms with van der Waals surface area (Å²) in [7, 11) is 0. The minimum absolute atomic E-state index is 0.151. The quantitative estimate of drug-likeness (QED) is 0.801. The van der Waals surface area contributed by atoms with E-state index in [2.05, 4.69) is 0 Å². The molecule has 0 atom stereocenters. The van der Waals surface area contributed by atoms with Crippen LogP contribution in [0.5, 0.6) is 0 Å². The van der Waals surface area contributed by atoms with Crippen LogP contribution in [0, 0.1) is 5.92 Å². The molecule has 94 valence electrons. The van der Waals surface area contributed by atoms with Gasteiger partial charge in [-0.05, 0) is 30.9 Å². The Hall–Kier alpha value is -1.64. The average Bonchev–Trinajstić information content (AvgIpc) is 2.34. The molecule has 0 aromatic heterocycles. The third kappa shape index (κ3) is 1.94. The van der Waals surface area contributed by atoms with Gasteiger partial charge in [0.25, 0.3) is 0 Å². The van der Waals surface area contributed by atoms with Crippen LogP contribution in [0.2, 0.25) is 0 Å². The lowest BCUT2D eigenvalue weighted by Crippen LogP contribution is -2.38. The SMILES string of the molecule is O=C1CCN(C(=O)CC2CCC2)c2ccccc21. The monoisotopic (exact) mass is 243 g/mol. The number of hydrogen-bond acceptors (Lipinski definition) is 2. The summed E-state index contributed by atoms with van der Waals surface area (Å²) in [6.45, 7) is 0.543. The van der Waals surface area contributed by atoms with E-state index >= 15 is 0 Å². The number of fused-ring (bicyclic) bond motifs is 1. The van der Waals surface area contributed by atoms with Crippen molar-refractivity contribution in [3.63, 3.8) is 0 Å². The number of anilines is 1. The highest BCUT2D eigenvalue weighted by atomic mass is 16.2. The maximum absolute atomic E-state index is 12.3. The van der Waals surface area contributed by atoms with E-state index in [0.717, 1.165) is 5.69 Å². The Bertz CT molecular complexity index is 491. The van der Waals surface area contributed by atoms with E-state index in [-0.39, 0.29) is 11.7 Å². The minimum Gasteiger partial charge on any atom is -0.311 e. The normalized spacial score (nSPS) is 19.3. The van der Waals surface area contributed by atoms with Gasteiger partial charge in [0.1, 0.15) is 0 Å². The van der Waals surface area contributed by atoms with E-state index in [1.54, 1.807) is 4.90 Å². The van der Waals surface area contributed by atoms with Crippen LogP contribution in [-0.4, -0.2) is 18.2 Å². The number of ketones is 1. The molecular weight excluding hydrogens is 226 g/mol. The standard InChI is InChI=1S/C15H17NO2/c17-14-8-9-16(13-7-2-1-6-12(13)14)15(18)10-11-4-3-5-11/h1-2,6-7,11H,3-5,8-10H2. The molecule has 3 heteroatoms. The first-order valence-electron chi connectivity index (χ1n) is 6.68. The Kier molecular flexibility index (Phi) is 2.90. The van der Waals surface area contributed by atoms with Gasteiger partial charge < -0.3 is 4.90 Å². The van der Waals surface area contributed by atoms with Crippen molar-refractivity contribution >= 4 is 17.4 Å². The Morgan fingerprint density at radius 2 is 2.06 bits per heavy atom. The first-order chi connectivity index (χ1) is 8.75. The molecule has 2 aliphatic rings. The molecule has 1 aromatic carbocycles. The number of hydrogen-bond donors (Lipinski definition) is 0. The first-order valence-corrected chi connectivity index (χ1v) is 6.68. The van der Waals surface area contributed by atoms with Crippen LogP contribution in [0.1, 0.15) is 42.5 Å². The molecule has 0 bridgehead atoms. The van der Waals surface area contributed by atoms with Gasteiger partial charge >= 0.3 is 0 Å². The van der Waals surface area contributed by atoms with Gasteiger partial charge in [0.15, 0.2) is 5.78 Å². The predicted octanol–water partition coefficient (Wildman–Crippen LogP) is 2.80. The molecule has 0 N–H and O–H groups in total. The summed E-state index contributed by atoms with van der Waals surface area (Å²) in [5.74, 6) is 0.903. The summed E-state index contributed by atoms with van der Waals surface area (Å²) in [5, 5.41) is 0. The fraction of sp³-hybridized carbons (Fsp3) is 0.467. The summed E-state index contributed by atoms with van der Waals surface area (Å²) in [6.07, 6.45) is 4.71. The van der Waals surface area contributed by atoms with Gasteiger partial charge in [-0.3, -0.25) is 9.59 Å². The fourth-order valence-corrected chi connectivity index (χ4v) is 2.73. The van der Waals surface area contributed by atoms with Gasteiger partial charge in [0.05, 0.1) is 5.69 Å². The smallest absolute Gasteiger partial charge is 0.227 e. The van der Waals surface area contributed by atoms with Crippen LogP contribution < -0.4 is 4.90 Å². The second-order valence-corrected chi connectivity index (χ2v) is 5.24. The zero-order valence-corrected chi connectivity index (χ0v) is 10.4. The van der Waals surface area contributed by atoms with E-state index in [0.29, 0.717) is 30.9 Å². The highest BCUT2D eigenvalue weighted by Crippen LogP contribution is 2.32. The van der Waals surface area contributed by atoms with Gasteiger partial charge in [-0.2, -0.15) is 0 Å². The molecule has 1 aliphatic carbocycles. The number of Topliss-reactive ketones (excluding diaryl/α,β-unsaturated/α-hetero) is 1. The molecule has 3 rings (SSSR count). The van der Waals surface area contributed by atoms with Gasteiger partial charge in [0, 0.05) is 24.9 Å². The molecule has 1 aliphatic heterocycles. The highest BCUT2D eigenvalue weighted by molar-refractivity contribution is 6.08. The van der Waals surface area contributed by atoms with Crippen molar-refractivity contribution in [1.29, 1.82) is 0 Å². The summed E-state index contributed by atoms with van der Waals surface area (Å²) >= 11 is 0. The molecule has 0 radical (unpaired) electrons. The lowest BCUT2D eigenvalue weighted by Gasteiger charge is -2.32. The summed E-state index contributed by atoms with van der Waals surface area (Å²) in [4.78, 5) is 25.9. The minimum atomic E-state index is 0.151. The van der Waals surface area contributed by atoms with Crippen LogP contribution in [0.15, 0.2) is 24.3 Å². The lowest BCUT2D eigenvalue weighted by molar-refractivity contribution is -0.120. The molecule has 18 heavy (non-hydrogen) atoms. The average molecular weight is 243 g/mol. The van der Waals surface area contributed by atoms with Gasteiger partial charge in [0.2, 0.25) is 5.91 Å². The largest absolute Gasteiger partial charge is 0.311 e. The molecule has 3 nitrogen and oxygen atoms in total. The number of para-hydroxylation sites is 1. The number of nitrogens with zero attached hydrogens (tertiary/aromatic N) is 1.